The summed E-state index contributed by atoms with van der Waals surface area (Å²) in [6, 6.07) is 7.91. The highest BCUT2D eigenvalue weighted by atomic mass is 16.1. The predicted molar refractivity (Wildman–Crippen MR) is 75.0 cm³/mol. The zero-order valence-corrected chi connectivity index (χ0v) is 11.1. The predicted octanol–water partition coefficient (Wildman–Crippen LogP) is 1.69. The summed E-state index contributed by atoms with van der Waals surface area (Å²) in [4.78, 5) is 14.1. The van der Waals surface area contributed by atoms with Crippen molar-refractivity contribution < 1.29 is 4.79 Å². The van der Waals surface area contributed by atoms with Crippen molar-refractivity contribution in [2.24, 2.45) is 5.92 Å². The van der Waals surface area contributed by atoms with Gasteiger partial charge in [0, 0.05) is 32.0 Å². The van der Waals surface area contributed by atoms with Crippen LogP contribution in [0.4, 0.5) is 11.4 Å². The normalized spacial score (nSPS) is 19.3. The van der Waals surface area contributed by atoms with Crippen LogP contribution in [-0.2, 0) is 4.79 Å². The number of hydrogen-bond donors (Lipinski definition) is 2. The SMILES string of the molecule is CN(C)c1ccc(NC(=O)[C@@H]2CCCNC2)cc1. The lowest BCUT2D eigenvalue weighted by atomic mass is 9.99. The molecule has 0 bridgehead atoms. The van der Waals surface area contributed by atoms with Crippen molar-refractivity contribution in [1.82, 2.24) is 5.32 Å². The third-order valence-corrected chi connectivity index (χ3v) is 3.32. The molecule has 0 radical (unpaired) electrons. The van der Waals surface area contributed by atoms with Gasteiger partial charge in [-0.15, -0.1) is 0 Å². The average Bonchev–Trinajstić information content (AvgIpc) is 2.40. The number of amides is 1. The van der Waals surface area contributed by atoms with Crippen LogP contribution in [0.5, 0.6) is 0 Å². The number of anilines is 2. The smallest absolute Gasteiger partial charge is 0.228 e. The third kappa shape index (κ3) is 3.23. The van der Waals surface area contributed by atoms with E-state index in [2.05, 4.69) is 10.6 Å². The molecule has 1 atom stereocenters. The lowest BCUT2D eigenvalue weighted by molar-refractivity contribution is -0.120. The van der Waals surface area contributed by atoms with Crippen molar-refractivity contribution in [1.29, 1.82) is 0 Å². The summed E-state index contributed by atoms with van der Waals surface area (Å²) in [5, 5.41) is 6.24. The van der Waals surface area contributed by atoms with E-state index in [1.807, 2.05) is 43.3 Å². The van der Waals surface area contributed by atoms with Crippen LogP contribution in [-0.4, -0.2) is 33.1 Å². The highest BCUT2D eigenvalue weighted by molar-refractivity contribution is 5.92. The Morgan fingerprint density at radius 1 is 1.33 bits per heavy atom. The van der Waals surface area contributed by atoms with Crippen LogP contribution in [0.2, 0.25) is 0 Å². The van der Waals surface area contributed by atoms with Crippen LogP contribution in [0.1, 0.15) is 12.8 Å². The Kier molecular flexibility index (Phi) is 4.20. The highest BCUT2D eigenvalue weighted by Crippen LogP contribution is 2.18. The number of nitrogens with zero attached hydrogens (tertiary/aromatic N) is 1. The van der Waals surface area contributed by atoms with Crippen molar-refractivity contribution in [3.63, 3.8) is 0 Å². The molecule has 1 amide bonds. The van der Waals surface area contributed by atoms with Crippen molar-refractivity contribution in [3.8, 4) is 0 Å². The summed E-state index contributed by atoms with van der Waals surface area (Å²) < 4.78 is 0. The second-order valence-electron chi connectivity index (χ2n) is 4.97. The van der Waals surface area contributed by atoms with Crippen LogP contribution < -0.4 is 15.5 Å². The molecule has 2 rings (SSSR count). The number of carbonyl (C=O) groups is 1. The first kappa shape index (κ1) is 12.9. The van der Waals surface area contributed by atoms with E-state index in [1.165, 1.54) is 0 Å². The summed E-state index contributed by atoms with van der Waals surface area (Å²) in [7, 11) is 4.00. The molecule has 0 aliphatic carbocycles. The molecule has 0 saturated carbocycles. The first-order chi connectivity index (χ1) is 8.66. The number of piperidine rings is 1. The van der Waals surface area contributed by atoms with Gasteiger partial charge in [0.15, 0.2) is 0 Å². The molecule has 4 heteroatoms. The second-order valence-corrected chi connectivity index (χ2v) is 4.97. The van der Waals surface area contributed by atoms with Gasteiger partial charge in [0.05, 0.1) is 5.92 Å². The Morgan fingerprint density at radius 3 is 2.61 bits per heavy atom. The molecule has 1 saturated heterocycles. The number of carbonyl (C=O) groups excluding carboxylic acids is 1. The highest BCUT2D eigenvalue weighted by Gasteiger charge is 2.20. The molecular formula is C14H21N3O. The molecule has 4 nitrogen and oxygen atoms in total. The fraction of sp³-hybridized carbons (Fsp3) is 0.500. The Morgan fingerprint density at radius 2 is 2.06 bits per heavy atom. The molecule has 1 aliphatic heterocycles. The lowest BCUT2D eigenvalue weighted by Gasteiger charge is -2.22. The van der Waals surface area contributed by atoms with E-state index in [-0.39, 0.29) is 11.8 Å². The van der Waals surface area contributed by atoms with Gasteiger partial charge in [0.1, 0.15) is 0 Å². The Balaban J connectivity index is 1.94. The van der Waals surface area contributed by atoms with Gasteiger partial charge < -0.3 is 15.5 Å². The van der Waals surface area contributed by atoms with Gasteiger partial charge in [-0.25, -0.2) is 0 Å². The van der Waals surface area contributed by atoms with Gasteiger partial charge in [-0.2, -0.15) is 0 Å². The standard InChI is InChI=1S/C14H21N3O/c1-17(2)13-7-5-12(6-8-13)16-14(18)11-4-3-9-15-10-11/h5-8,11,15H,3-4,9-10H2,1-2H3,(H,16,18)/t11-/m1/s1. The van der Waals surface area contributed by atoms with Crippen molar-refractivity contribution in [2.75, 3.05) is 37.4 Å². The number of nitrogens with one attached hydrogen (secondary N) is 2. The molecular weight excluding hydrogens is 226 g/mol. The molecule has 0 aromatic heterocycles. The molecule has 1 aromatic rings. The Bertz CT molecular complexity index is 394. The monoisotopic (exact) mass is 247 g/mol. The minimum atomic E-state index is 0.104. The topological polar surface area (TPSA) is 44.4 Å². The van der Waals surface area contributed by atoms with E-state index in [4.69, 9.17) is 0 Å². The van der Waals surface area contributed by atoms with Gasteiger partial charge in [-0.3, -0.25) is 4.79 Å². The first-order valence-electron chi connectivity index (χ1n) is 6.46. The number of rotatable bonds is 3. The first-order valence-corrected chi connectivity index (χ1v) is 6.46. The maximum Gasteiger partial charge on any atom is 0.228 e. The molecule has 18 heavy (non-hydrogen) atoms. The van der Waals surface area contributed by atoms with Gasteiger partial charge in [0.2, 0.25) is 5.91 Å². The van der Waals surface area contributed by atoms with Crippen molar-refractivity contribution in [2.45, 2.75) is 12.8 Å². The lowest BCUT2D eigenvalue weighted by Crippen LogP contribution is -2.37. The molecule has 1 aliphatic rings. The zero-order valence-electron chi connectivity index (χ0n) is 11.1. The maximum atomic E-state index is 12.0. The fourth-order valence-corrected chi connectivity index (χ4v) is 2.16. The molecule has 1 fully saturated rings. The molecule has 1 aromatic carbocycles. The second kappa shape index (κ2) is 5.87. The largest absolute Gasteiger partial charge is 0.378 e. The van der Waals surface area contributed by atoms with E-state index in [1.54, 1.807) is 0 Å². The molecule has 0 unspecified atom stereocenters. The summed E-state index contributed by atoms with van der Waals surface area (Å²) in [6.45, 7) is 1.82. The van der Waals surface area contributed by atoms with Gasteiger partial charge in [-0.1, -0.05) is 0 Å². The van der Waals surface area contributed by atoms with Crippen LogP contribution in [0.15, 0.2) is 24.3 Å². The van der Waals surface area contributed by atoms with Gasteiger partial charge in [0.25, 0.3) is 0 Å². The van der Waals surface area contributed by atoms with Gasteiger partial charge in [-0.05, 0) is 43.7 Å². The van der Waals surface area contributed by atoms with Crippen LogP contribution in [0, 0.1) is 5.92 Å². The van der Waals surface area contributed by atoms with E-state index >= 15 is 0 Å². The maximum absolute atomic E-state index is 12.0. The molecule has 2 N–H and O–H groups in total. The zero-order chi connectivity index (χ0) is 13.0. The average molecular weight is 247 g/mol. The Hall–Kier alpha value is -1.55. The van der Waals surface area contributed by atoms with E-state index in [0.29, 0.717) is 0 Å². The summed E-state index contributed by atoms with van der Waals surface area (Å²) in [5.41, 5.74) is 2.00. The summed E-state index contributed by atoms with van der Waals surface area (Å²) >= 11 is 0. The van der Waals surface area contributed by atoms with E-state index in [0.717, 1.165) is 37.3 Å². The molecule has 0 spiro atoms. The van der Waals surface area contributed by atoms with E-state index < -0.39 is 0 Å². The fourth-order valence-electron chi connectivity index (χ4n) is 2.16. The quantitative estimate of drug-likeness (QED) is 0.854. The molecule has 98 valence electrons. The third-order valence-electron chi connectivity index (χ3n) is 3.32. The minimum Gasteiger partial charge on any atom is -0.378 e. The summed E-state index contributed by atoms with van der Waals surface area (Å²) in [5.74, 6) is 0.229. The molecule has 1 heterocycles. The minimum absolute atomic E-state index is 0.104. The Labute approximate surface area is 108 Å². The number of hydrogen-bond acceptors (Lipinski definition) is 3. The summed E-state index contributed by atoms with van der Waals surface area (Å²) in [6.07, 6.45) is 2.06. The van der Waals surface area contributed by atoms with E-state index in [9.17, 15) is 4.79 Å². The van der Waals surface area contributed by atoms with Gasteiger partial charge >= 0.3 is 0 Å². The van der Waals surface area contributed by atoms with Crippen molar-refractivity contribution >= 4 is 17.3 Å². The van der Waals surface area contributed by atoms with Crippen molar-refractivity contribution in [3.05, 3.63) is 24.3 Å². The number of benzene rings is 1. The van der Waals surface area contributed by atoms with Crippen LogP contribution in [0.3, 0.4) is 0 Å². The van der Waals surface area contributed by atoms with Crippen LogP contribution in [0.25, 0.3) is 0 Å². The van der Waals surface area contributed by atoms with Crippen LogP contribution >= 0.6 is 0 Å².